The van der Waals surface area contributed by atoms with Crippen molar-refractivity contribution >= 4 is 42.0 Å². The molecule has 1 N–H and O–H groups in total. The second kappa shape index (κ2) is 18.0. The van der Waals surface area contributed by atoms with Crippen molar-refractivity contribution in [2.45, 2.75) is 26.1 Å². The van der Waals surface area contributed by atoms with E-state index in [9.17, 15) is 26.4 Å². The Morgan fingerprint density at radius 1 is 0.791 bits per heavy atom. The molecular weight excluding hydrogens is 624 g/mol. The number of nitrogens with zero attached hydrogens (tertiary/aromatic N) is 2. The van der Waals surface area contributed by atoms with Crippen molar-refractivity contribution in [3.8, 4) is 0 Å². The minimum atomic E-state index is -3.43. The number of likely N-dealkylation sites (tertiary alicyclic amines) is 2. The van der Waals surface area contributed by atoms with E-state index in [2.05, 4.69) is 10.7 Å². The van der Waals surface area contributed by atoms with Crippen molar-refractivity contribution < 1.29 is 45.2 Å². The van der Waals surface area contributed by atoms with Crippen LogP contribution in [-0.4, -0.2) is 95.8 Å². The smallest absolute Gasteiger partial charge is 0.410 e. The molecule has 2 aromatic rings. The first kappa shape index (κ1) is 36.3. The second-order valence-electron chi connectivity index (χ2n) is 10.1. The van der Waals surface area contributed by atoms with E-state index in [1.54, 1.807) is 9.80 Å². The van der Waals surface area contributed by atoms with Crippen LogP contribution in [0.25, 0.3) is 0 Å². The lowest BCUT2D eigenvalue weighted by Crippen LogP contribution is -2.30. The Morgan fingerprint density at radius 3 is 1.56 bits per heavy atom. The third kappa shape index (κ3) is 16.5. The fourth-order valence-electron chi connectivity index (χ4n) is 4.12. The maximum Gasteiger partial charge on any atom is 0.410 e. The first-order valence-corrected chi connectivity index (χ1v) is 18.0. The highest BCUT2D eigenvalue weighted by Gasteiger charge is 2.28. The molecule has 2 heterocycles. The molecule has 2 amide bonds. The van der Waals surface area contributed by atoms with E-state index in [4.69, 9.17) is 18.8 Å². The quantitative estimate of drug-likeness (QED) is 0.328. The maximum atomic E-state index is 11.9. The largest absolute Gasteiger partial charge is 0.445 e. The number of carbonyl (C=O) groups excluding carboxylic acids is 2. The van der Waals surface area contributed by atoms with Crippen molar-refractivity contribution in [1.29, 1.82) is 0 Å². The number of hydrogen-bond donors (Lipinski definition) is 1. The molecular formula is C28H39ClN2O10S2. The number of aliphatic hydroxyl groups excluding tert-OH is 1. The Bertz CT molecular complexity index is 1340. The number of benzene rings is 2. The number of amides is 2. The van der Waals surface area contributed by atoms with Gasteiger partial charge in [0.1, 0.15) is 13.2 Å². The van der Waals surface area contributed by atoms with Gasteiger partial charge in [-0.15, -0.1) is 0 Å². The van der Waals surface area contributed by atoms with Gasteiger partial charge in [-0.25, -0.2) is 18.0 Å². The van der Waals surface area contributed by atoms with E-state index in [0.29, 0.717) is 32.8 Å². The summed E-state index contributed by atoms with van der Waals surface area (Å²) in [5, 5.41) is 8.99. The monoisotopic (exact) mass is 662 g/mol. The van der Waals surface area contributed by atoms with E-state index in [1.807, 2.05) is 60.7 Å². The first-order valence-electron chi connectivity index (χ1n) is 13.5. The number of carbonyl (C=O) groups is 2. The fraction of sp³-hybridized carbons (Fsp3) is 0.500. The van der Waals surface area contributed by atoms with E-state index < -0.39 is 19.2 Å². The molecule has 43 heavy (non-hydrogen) atoms. The highest BCUT2D eigenvalue weighted by molar-refractivity contribution is 8.13. The van der Waals surface area contributed by atoms with Crippen molar-refractivity contribution in [1.82, 2.24) is 9.80 Å². The lowest BCUT2D eigenvalue weighted by Gasteiger charge is -2.16. The van der Waals surface area contributed by atoms with Gasteiger partial charge in [-0.05, 0) is 24.0 Å². The SMILES string of the molecule is CS(=O)(=O)Cl.CS(=O)(=O)OC[C@@H]1CCN(C(=O)OCc2ccccc2)C1.O=C(OCc1ccccc1)N1CC[C@@H](CO)C1. The number of ether oxygens (including phenoxy) is 2. The van der Waals surface area contributed by atoms with Crippen LogP contribution in [0.2, 0.25) is 0 Å². The van der Waals surface area contributed by atoms with Gasteiger partial charge >= 0.3 is 12.2 Å². The summed E-state index contributed by atoms with van der Waals surface area (Å²) in [6, 6.07) is 19.1. The van der Waals surface area contributed by atoms with Crippen LogP contribution in [0.15, 0.2) is 60.7 Å². The fourth-order valence-corrected chi connectivity index (χ4v) is 4.56. The van der Waals surface area contributed by atoms with Crippen LogP contribution in [0.1, 0.15) is 24.0 Å². The van der Waals surface area contributed by atoms with E-state index in [-0.39, 0.29) is 43.8 Å². The van der Waals surface area contributed by atoms with Gasteiger partial charge in [0.15, 0.2) is 0 Å². The zero-order valence-corrected chi connectivity index (χ0v) is 26.6. The van der Waals surface area contributed by atoms with Crippen molar-refractivity contribution in [3.63, 3.8) is 0 Å². The standard InChI is InChI=1S/C14H19NO5S.C13H17NO3.CH3ClO2S/c1-21(17,18)20-11-13-7-8-15(9-13)14(16)19-10-12-5-3-2-4-6-12;15-9-12-6-7-14(8-12)13(16)17-10-11-4-2-1-3-5-11;1-5(2,3)4/h2-6,13H,7-11H2,1H3;1-5,12,15H,6-10H2;1H3/t13-;12-;/m11./s1. The van der Waals surface area contributed by atoms with Gasteiger partial charge in [-0.2, -0.15) is 8.42 Å². The van der Waals surface area contributed by atoms with Gasteiger partial charge in [0.25, 0.3) is 10.1 Å². The number of halogens is 1. The summed E-state index contributed by atoms with van der Waals surface area (Å²) >= 11 is 0. The molecule has 2 aliphatic heterocycles. The third-order valence-corrected chi connectivity index (χ3v) is 6.84. The molecule has 240 valence electrons. The molecule has 2 aliphatic rings. The minimum Gasteiger partial charge on any atom is -0.445 e. The van der Waals surface area contributed by atoms with Crippen molar-refractivity contribution in [2.24, 2.45) is 11.8 Å². The molecule has 0 aromatic heterocycles. The maximum absolute atomic E-state index is 11.9. The highest BCUT2D eigenvalue weighted by atomic mass is 35.7. The van der Waals surface area contributed by atoms with Gasteiger partial charge in [-0.1, -0.05) is 60.7 Å². The lowest BCUT2D eigenvalue weighted by atomic mass is 10.1. The second-order valence-corrected chi connectivity index (χ2v) is 14.8. The molecule has 0 bridgehead atoms. The molecule has 0 unspecified atom stereocenters. The molecule has 2 fully saturated rings. The van der Waals surface area contributed by atoms with Gasteiger partial charge in [-0.3, -0.25) is 4.18 Å². The van der Waals surface area contributed by atoms with E-state index >= 15 is 0 Å². The highest BCUT2D eigenvalue weighted by Crippen LogP contribution is 2.19. The Labute approximate surface area is 258 Å². The van der Waals surface area contributed by atoms with Crippen molar-refractivity contribution in [2.75, 3.05) is 51.9 Å². The average Bonchev–Trinajstić information content (AvgIpc) is 3.64. The molecule has 2 atom stereocenters. The van der Waals surface area contributed by atoms with Gasteiger partial charge < -0.3 is 24.4 Å². The minimum absolute atomic E-state index is 0.0315. The summed E-state index contributed by atoms with van der Waals surface area (Å²) in [4.78, 5) is 26.9. The number of hydrogen-bond acceptors (Lipinski definition) is 10. The first-order chi connectivity index (χ1) is 20.2. The normalized spacial score (nSPS) is 18.1. The zero-order valence-electron chi connectivity index (χ0n) is 24.2. The molecule has 2 aromatic carbocycles. The molecule has 0 radical (unpaired) electrons. The number of rotatable bonds is 8. The third-order valence-electron chi connectivity index (χ3n) is 6.27. The summed E-state index contributed by atoms with van der Waals surface area (Å²) in [6.07, 6.45) is 2.86. The molecule has 0 saturated carbocycles. The molecule has 2 saturated heterocycles. The van der Waals surface area contributed by atoms with Gasteiger partial charge in [0.05, 0.1) is 19.1 Å². The Balaban J connectivity index is 0.000000264. The number of aliphatic hydroxyl groups is 1. The van der Waals surface area contributed by atoms with E-state index in [1.165, 1.54) is 0 Å². The predicted octanol–water partition coefficient (Wildman–Crippen LogP) is 3.44. The summed E-state index contributed by atoms with van der Waals surface area (Å²) < 4.78 is 55.9. The van der Waals surface area contributed by atoms with Crippen LogP contribution in [0.5, 0.6) is 0 Å². The topological polar surface area (TPSA) is 157 Å². The average molecular weight is 663 g/mol. The zero-order chi connectivity index (χ0) is 31.9. The summed E-state index contributed by atoms with van der Waals surface area (Å²) in [6.45, 7) is 3.10. The molecule has 12 nitrogen and oxygen atoms in total. The summed E-state index contributed by atoms with van der Waals surface area (Å²) in [5.74, 6) is 0.239. The van der Waals surface area contributed by atoms with Crippen molar-refractivity contribution in [3.05, 3.63) is 71.8 Å². The Kier molecular flexibility index (Phi) is 15.2. The summed E-state index contributed by atoms with van der Waals surface area (Å²) in [7, 11) is -2.12. The van der Waals surface area contributed by atoms with Crippen LogP contribution in [0, 0.1) is 11.8 Å². The predicted molar refractivity (Wildman–Crippen MR) is 161 cm³/mol. The van der Waals surface area contributed by atoms with Gasteiger partial charge in [0, 0.05) is 55.3 Å². The van der Waals surface area contributed by atoms with Crippen LogP contribution in [0.4, 0.5) is 9.59 Å². The molecule has 4 rings (SSSR count). The molecule has 0 aliphatic carbocycles. The van der Waals surface area contributed by atoms with E-state index in [0.717, 1.165) is 36.5 Å². The molecule has 15 heteroatoms. The van der Waals surface area contributed by atoms with Crippen LogP contribution >= 0.6 is 10.7 Å². The molecule has 0 spiro atoms. The Hall–Kier alpha value is -2.91. The Morgan fingerprint density at radius 2 is 1.19 bits per heavy atom. The van der Waals surface area contributed by atoms with Crippen LogP contribution in [-0.2, 0) is 46.0 Å². The summed E-state index contributed by atoms with van der Waals surface area (Å²) in [5.41, 5.74) is 1.92. The van der Waals surface area contributed by atoms with Crippen LogP contribution in [0.3, 0.4) is 0 Å². The van der Waals surface area contributed by atoms with Gasteiger partial charge in [0.2, 0.25) is 9.05 Å². The lowest BCUT2D eigenvalue weighted by molar-refractivity contribution is 0.101. The van der Waals surface area contributed by atoms with Crippen LogP contribution < -0.4 is 0 Å².